The summed E-state index contributed by atoms with van der Waals surface area (Å²) in [4.78, 5) is 13.1. The Kier molecular flexibility index (Phi) is 4.91. The minimum Gasteiger partial charge on any atom is -0.489 e. The fraction of sp³-hybridized carbons (Fsp3) is 0.118. The summed E-state index contributed by atoms with van der Waals surface area (Å²) in [5, 5.41) is 0. The number of hydrogen-bond donors (Lipinski definition) is 1. The van der Waals surface area contributed by atoms with Gasteiger partial charge in [-0.05, 0) is 37.3 Å². The first kappa shape index (κ1) is 17.2. The zero-order chi connectivity index (χ0) is 17.9. The van der Waals surface area contributed by atoms with Crippen molar-refractivity contribution in [1.82, 2.24) is 4.72 Å². The third kappa shape index (κ3) is 4.09. The molecular weight excluding hydrogens is 362 g/mol. The van der Waals surface area contributed by atoms with Crippen LogP contribution in [0.15, 0.2) is 63.4 Å². The number of carbonyl (C=O) groups is 1. The summed E-state index contributed by atoms with van der Waals surface area (Å²) in [5.41, 5.74) is 0.457. The van der Waals surface area contributed by atoms with Gasteiger partial charge in [0.2, 0.25) is 0 Å². The average molecular weight is 377 g/mol. The third-order valence-corrected chi connectivity index (χ3v) is 6.12. The molecule has 0 aliphatic carbocycles. The van der Waals surface area contributed by atoms with Crippen LogP contribution in [0, 0.1) is 6.92 Å². The normalized spacial score (nSPS) is 11.2. The lowest BCUT2D eigenvalue weighted by molar-refractivity contribution is 0.0951. The number of nitrogens with one attached hydrogen (secondary N) is 1. The summed E-state index contributed by atoms with van der Waals surface area (Å²) in [6, 6.07) is 13.8. The van der Waals surface area contributed by atoms with E-state index in [0.717, 1.165) is 16.2 Å². The molecule has 0 spiro atoms. The van der Waals surface area contributed by atoms with Crippen molar-refractivity contribution in [2.45, 2.75) is 17.7 Å². The van der Waals surface area contributed by atoms with E-state index in [2.05, 4.69) is 0 Å². The molecule has 1 amide bonds. The molecule has 8 heteroatoms. The number of hydrogen-bond acceptors (Lipinski definition) is 6. The molecule has 0 bridgehead atoms. The Balaban J connectivity index is 1.72. The Morgan fingerprint density at radius 2 is 1.92 bits per heavy atom. The second-order valence-electron chi connectivity index (χ2n) is 5.18. The zero-order valence-electron chi connectivity index (χ0n) is 13.3. The van der Waals surface area contributed by atoms with Gasteiger partial charge >= 0.3 is 5.91 Å². The number of para-hydroxylation sites is 1. The molecule has 1 aromatic carbocycles. The van der Waals surface area contributed by atoms with Crippen LogP contribution in [0.3, 0.4) is 0 Å². The van der Waals surface area contributed by atoms with Gasteiger partial charge in [0.05, 0.1) is 6.26 Å². The lowest BCUT2D eigenvalue weighted by Crippen LogP contribution is -2.30. The largest absolute Gasteiger partial charge is 0.489 e. The first-order valence-electron chi connectivity index (χ1n) is 7.33. The fourth-order valence-electron chi connectivity index (χ4n) is 2.10. The van der Waals surface area contributed by atoms with Crippen molar-refractivity contribution in [3.8, 4) is 5.75 Å². The van der Waals surface area contributed by atoms with E-state index in [1.165, 1.54) is 12.3 Å². The monoisotopic (exact) mass is 377 g/mol. The summed E-state index contributed by atoms with van der Waals surface area (Å²) < 4.78 is 37.3. The van der Waals surface area contributed by atoms with Crippen LogP contribution in [-0.2, 0) is 16.6 Å². The van der Waals surface area contributed by atoms with Crippen molar-refractivity contribution >= 4 is 27.3 Å². The van der Waals surface area contributed by atoms with Gasteiger partial charge in [0.1, 0.15) is 16.6 Å². The van der Waals surface area contributed by atoms with E-state index in [1.807, 2.05) is 22.9 Å². The van der Waals surface area contributed by atoms with Crippen LogP contribution >= 0.6 is 11.3 Å². The predicted octanol–water partition coefficient (Wildman–Crippen LogP) is 3.35. The highest BCUT2D eigenvalue weighted by atomic mass is 32.2. The molecule has 0 fully saturated rings. The number of amides is 1. The Morgan fingerprint density at radius 1 is 1.16 bits per heavy atom. The Labute approximate surface area is 149 Å². The van der Waals surface area contributed by atoms with E-state index in [9.17, 15) is 13.2 Å². The summed E-state index contributed by atoms with van der Waals surface area (Å²) >= 11 is 1.09. The van der Waals surface area contributed by atoms with Crippen molar-refractivity contribution < 1.29 is 22.4 Å². The maximum Gasteiger partial charge on any atom is 0.301 e. The summed E-state index contributed by atoms with van der Waals surface area (Å²) in [6.45, 7) is 1.87. The van der Waals surface area contributed by atoms with E-state index >= 15 is 0 Å². The summed E-state index contributed by atoms with van der Waals surface area (Å²) in [5.74, 6) is -0.285. The van der Waals surface area contributed by atoms with Gasteiger partial charge in [-0.25, -0.2) is 13.1 Å². The molecule has 0 saturated heterocycles. The van der Waals surface area contributed by atoms with E-state index in [0.29, 0.717) is 11.3 Å². The molecule has 2 heterocycles. The van der Waals surface area contributed by atoms with Crippen LogP contribution in [0.4, 0.5) is 0 Å². The highest BCUT2D eigenvalue weighted by Gasteiger charge is 2.24. The smallest absolute Gasteiger partial charge is 0.301 e. The highest BCUT2D eigenvalue weighted by molar-refractivity contribution is 7.92. The molecule has 3 aromatic rings. The second-order valence-corrected chi connectivity index (χ2v) is 8.37. The van der Waals surface area contributed by atoms with Crippen LogP contribution in [0.25, 0.3) is 0 Å². The molecule has 130 valence electrons. The molecule has 0 saturated carbocycles. The standard InChI is InChI=1S/C17H15NO5S2/c1-12-7-8-15(24-12)25(20,21)18-17(19)16-13(9-10-22-16)11-23-14-5-3-2-4-6-14/h2-10H,11H2,1H3,(H,18,19). The van der Waals surface area contributed by atoms with E-state index in [1.54, 1.807) is 31.2 Å². The Morgan fingerprint density at radius 3 is 2.60 bits per heavy atom. The molecule has 0 aliphatic rings. The van der Waals surface area contributed by atoms with Gasteiger partial charge in [-0.15, -0.1) is 11.3 Å². The fourth-order valence-corrected chi connectivity index (χ4v) is 4.33. The first-order valence-corrected chi connectivity index (χ1v) is 9.63. The number of aryl methyl sites for hydroxylation is 1. The number of rotatable bonds is 6. The highest BCUT2D eigenvalue weighted by Crippen LogP contribution is 2.21. The molecule has 2 aromatic heterocycles. The maximum absolute atomic E-state index is 12.3. The molecule has 0 unspecified atom stereocenters. The van der Waals surface area contributed by atoms with Crippen LogP contribution in [0.5, 0.6) is 5.75 Å². The summed E-state index contributed by atoms with van der Waals surface area (Å²) in [6.07, 6.45) is 1.32. The predicted molar refractivity (Wildman–Crippen MR) is 93.2 cm³/mol. The van der Waals surface area contributed by atoms with Crippen LogP contribution in [-0.4, -0.2) is 14.3 Å². The Hall–Kier alpha value is -2.58. The van der Waals surface area contributed by atoms with Gasteiger partial charge in [0.15, 0.2) is 5.76 Å². The number of benzene rings is 1. The van der Waals surface area contributed by atoms with Gasteiger partial charge in [-0.2, -0.15) is 0 Å². The van der Waals surface area contributed by atoms with Crippen molar-refractivity contribution in [3.63, 3.8) is 0 Å². The van der Waals surface area contributed by atoms with Gasteiger partial charge in [-0.1, -0.05) is 18.2 Å². The lowest BCUT2D eigenvalue weighted by atomic mass is 10.2. The average Bonchev–Trinajstić information content (AvgIpc) is 3.22. The molecular formula is C17H15NO5S2. The molecule has 25 heavy (non-hydrogen) atoms. The van der Waals surface area contributed by atoms with Gasteiger partial charge < -0.3 is 9.15 Å². The molecule has 0 atom stereocenters. The maximum atomic E-state index is 12.3. The first-order chi connectivity index (χ1) is 12.0. The van der Waals surface area contributed by atoms with E-state index in [-0.39, 0.29) is 16.6 Å². The minimum absolute atomic E-state index is 0.0759. The molecule has 6 nitrogen and oxygen atoms in total. The quantitative estimate of drug-likeness (QED) is 0.712. The number of sulfonamides is 1. The van der Waals surface area contributed by atoms with E-state index < -0.39 is 15.9 Å². The number of furan rings is 1. The van der Waals surface area contributed by atoms with Crippen molar-refractivity contribution in [2.75, 3.05) is 0 Å². The van der Waals surface area contributed by atoms with Crippen molar-refractivity contribution in [1.29, 1.82) is 0 Å². The van der Waals surface area contributed by atoms with Gasteiger partial charge in [0.25, 0.3) is 10.0 Å². The third-order valence-electron chi connectivity index (χ3n) is 3.30. The Bertz CT molecular complexity index is 973. The van der Waals surface area contributed by atoms with Gasteiger partial charge in [-0.3, -0.25) is 4.79 Å². The topological polar surface area (TPSA) is 85.6 Å². The van der Waals surface area contributed by atoms with Crippen LogP contribution in [0.1, 0.15) is 21.0 Å². The molecule has 0 aliphatic heterocycles. The summed E-state index contributed by atoms with van der Waals surface area (Å²) in [7, 11) is -3.93. The van der Waals surface area contributed by atoms with Crippen LogP contribution < -0.4 is 9.46 Å². The zero-order valence-corrected chi connectivity index (χ0v) is 14.9. The van der Waals surface area contributed by atoms with Crippen LogP contribution in [0.2, 0.25) is 0 Å². The molecule has 3 rings (SSSR count). The minimum atomic E-state index is -3.93. The second kappa shape index (κ2) is 7.12. The molecule has 0 radical (unpaired) electrons. The van der Waals surface area contributed by atoms with E-state index in [4.69, 9.17) is 9.15 Å². The lowest BCUT2D eigenvalue weighted by Gasteiger charge is -2.07. The van der Waals surface area contributed by atoms with Crippen molar-refractivity contribution in [3.05, 3.63) is 71.0 Å². The number of carbonyl (C=O) groups excluding carboxylic acids is 1. The number of ether oxygens (including phenoxy) is 1. The molecule has 1 N–H and O–H groups in total. The SMILES string of the molecule is Cc1ccc(S(=O)(=O)NC(=O)c2occc2COc2ccccc2)s1. The van der Waals surface area contributed by atoms with Gasteiger partial charge in [0, 0.05) is 10.4 Å². The number of thiophene rings is 1. The van der Waals surface area contributed by atoms with Crippen molar-refractivity contribution in [2.24, 2.45) is 0 Å².